The van der Waals surface area contributed by atoms with Crippen LogP contribution in [0.4, 0.5) is 4.39 Å². The average molecular weight is 371 g/mol. The van der Waals surface area contributed by atoms with Crippen LogP contribution >= 0.6 is 11.3 Å². The Labute approximate surface area is 154 Å². The van der Waals surface area contributed by atoms with Crippen molar-refractivity contribution >= 4 is 33.3 Å². The zero-order valence-corrected chi connectivity index (χ0v) is 15.3. The number of esters is 1. The Hall–Kier alpha value is -2.73. The Bertz CT molecular complexity index is 920. The molecule has 0 spiro atoms. The Balaban J connectivity index is 1.63. The maximum absolute atomic E-state index is 13.3. The first-order valence-electron chi connectivity index (χ1n) is 8.13. The number of ether oxygens (including phenoxy) is 1. The number of rotatable bonds is 5. The molecule has 0 aliphatic heterocycles. The molecule has 1 amide bonds. The van der Waals surface area contributed by atoms with Crippen LogP contribution in [-0.4, -0.2) is 29.9 Å². The average Bonchev–Trinajstić information content (AvgIpc) is 3.05. The molecule has 6 heteroatoms. The molecule has 1 aromatic heterocycles. The number of fused-ring (bicyclic) bond motifs is 1. The van der Waals surface area contributed by atoms with Gasteiger partial charge < -0.3 is 9.64 Å². The third kappa shape index (κ3) is 4.08. The predicted molar refractivity (Wildman–Crippen MR) is 99.6 cm³/mol. The third-order valence-electron chi connectivity index (χ3n) is 3.94. The second-order valence-electron chi connectivity index (χ2n) is 6.02. The summed E-state index contributed by atoms with van der Waals surface area (Å²) in [4.78, 5) is 26.6. The van der Waals surface area contributed by atoms with Crippen molar-refractivity contribution < 1.29 is 18.7 Å². The van der Waals surface area contributed by atoms with Gasteiger partial charge in [-0.3, -0.25) is 4.79 Å². The van der Waals surface area contributed by atoms with Crippen molar-refractivity contribution in [1.29, 1.82) is 0 Å². The molecule has 0 saturated heterocycles. The van der Waals surface area contributed by atoms with Crippen molar-refractivity contribution in [1.82, 2.24) is 4.90 Å². The first kappa shape index (κ1) is 18.1. The molecule has 0 fully saturated rings. The van der Waals surface area contributed by atoms with E-state index in [9.17, 15) is 14.0 Å². The number of hydrogen-bond acceptors (Lipinski definition) is 4. The summed E-state index contributed by atoms with van der Waals surface area (Å²) in [5, 5.41) is 0.964. The third-order valence-corrected chi connectivity index (χ3v) is 5.04. The molecule has 3 aromatic rings. The van der Waals surface area contributed by atoms with E-state index in [2.05, 4.69) is 0 Å². The zero-order valence-electron chi connectivity index (χ0n) is 14.4. The molecule has 0 aliphatic rings. The molecular formula is C20H18FNO3S. The van der Waals surface area contributed by atoms with Gasteiger partial charge in [0.2, 0.25) is 0 Å². The quantitative estimate of drug-likeness (QED) is 0.630. The maximum atomic E-state index is 13.3. The van der Waals surface area contributed by atoms with Gasteiger partial charge in [0.25, 0.3) is 5.91 Å². The van der Waals surface area contributed by atoms with E-state index in [-0.39, 0.29) is 18.3 Å². The Morgan fingerprint density at radius 3 is 2.65 bits per heavy atom. The highest BCUT2D eigenvalue weighted by Crippen LogP contribution is 2.26. The van der Waals surface area contributed by atoms with Crippen LogP contribution in [0.2, 0.25) is 0 Å². The van der Waals surface area contributed by atoms with Crippen molar-refractivity contribution in [3.05, 3.63) is 70.9 Å². The van der Waals surface area contributed by atoms with Crippen molar-refractivity contribution in [2.45, 2.75) is 19.6 Å². The van der Waals surface area contributed by atoms with Crippen molar-refractivity contribution in [3.8, 4) is 0 Å². The molecular weight excluding hydrogens is 353 g/mol. The van der Waals surface area contributed by atoms with E-state index in [0.717, 1.165) is 10.1 Å². The van der Waals surface area contributed by atoms with Gasteiger partial charge in [-0.1, -0.05) is 30.3 Å². The minimum Gasteiger partial charge on any atom is -0.448 e. The van der Waals surface area contributed by atoms with Gasteiger partial charge in [0.05, 0.1) is 0 Å². The fourth-order valence-corrected chi connectivity index (χ4v) is 3.59. The van der Waals surface area contributed by atoms with Crippen LogP contribution in [0, 0.1) is 5.82 Å². The molecule has 26 heavy (non-hydrogen) atoms. The molecule has 1 heterocycles. The van der Waals surface area contributed by atoms with Gasteiger partial charge in [-0.25, -0.2) is 9.18 Å². The van der Waals surface area contributed by atoms with Gasteiger partial charge in [0, 0.05) is 18.3 Å². The highest BCUT2D eigenvalue weighted by atomic mass is 32.1. The summed E-state index contributed by atoms with van der Waals surface area (Å²) in [5.74, 6) is -1.22. The highest BCUT2D eigenvalue weighted by molar-refractivity contribution is 7.20. The summed E-state index contributed by atoms with van der Waals surface area (Å²) in [6, 6.07) is 15.5. The number of carbonyl (C=O) groups is 2. The molecule has 0 bridgehead atoms. The van der Waals surface area contributed by atoms with Crippen LogP contribution in [0.3, 0.4) is 0 Å². The van der Waals surface area contributed by atoms with Crippen molar-refractivity contribution in [2.24, 2.45) is 0 Å². The number of amides is 1. The fraction of sp³-hybridized carbons (Fsp3) is 0.200. The SMILES string of the molecule is CC(OC(=O)c1cc2ccccc2s1)C(=O)N(C)Cc1cccc(F)c1. The molecule has 1 atom stereocenters. The van der Waals surface area contributed by atoms with E-state index in [1.807, 2.05) is 24.3 Å². The smallest absolute Gasteiger partial charge is 0.349 e. The minimum absolute atomic E-state index is 0.237. The standard InChI is InChI=1S/C20H18FNO3S/c1-13(19(23)22(2)12-14-6-5-8-16(21)10-14)25-20(24)18-11-15-7-3-4-9-17(15)26-18/h3-11,13H,12H2,1-2H3. The molecule has 3 rings (SSSR count). The second kappa shape index (κ2) is 7.66. The van der Waals surface area contributed by atoms with Crippen LogP contribution in [0.25, 0.3) is 10.1 Å². The Morgan fingerprint density at radius 1 is 1.15 bits per heavy atom. The molecule has 0 aliphatic carbocycles. The number of nitrogens with zero attached hydrogens (tertiary/aromatic N) is 1. The number of thiophene rings is 1. The zero-order chi connectivity index (χ0) is 18.7. The topological polar surface area (TPSA) is 46.6 Å². The van der Waals surface area contributed by atoms with Crippen LogP contribution in [0.1, 0.15) is 22.2 Å². The highest BCUT2D eigenvalue weighted by Gasteiger charge is 2.23. The van der Waals surface area contributed by atoms with E-state index in [0.29, 0.717) is 10.4 Å². The first-order chi connectivity index (χ1) is 12.4. The van der Waals surface area contributed by atoms with Crippen LogP contribution < -0.4 is 0 Å². The van der Waals surface area contributed by atoms with Crippen molar-refractivity contribution in [2.75, 3.05) is 7.05 Å². The molecule has 0 radical (unpaired) electrons. The minimum atomic E-state index is -0.925. The second-order valence-corrected chi connectivity index (χ2v) is 7.10. The summed E-state index contributed by atoms with van der Waals surface area (Å²) in [6.45, 7) is 1.77. The van der Waals surface area contributed by atoms with E-state index < -0.39 is 12.1 Å². The van der Waals surface area contributed by atoms with E-state index in [4.69, 9.17) is 4.74 Å². The van der Waals surface area contributed by atoms with Crippen LogP contribution in [0.15, 0.2) is 54.6 Å². The monoisotopic (exact) mass is 371 g/mol. The lowest BCUT2D eigenvalue weighted by Crippen LogP contribution is -2.37. The molecule has 4 nitrogen and oxygen atoms in total. The Kier molecular flexibility index (Phi) is 5.32. The lowest BCUT2D eigenvalue weighted by molar-refractivity contribution is -0.139. The van der Waals surface area contributed by atoms with Gasteiger partial charge in [0.15, 0.2) is 6.10 Å². The van der Waals surface area contributed by atoms with Gasteiger partial charge in [-0.15, -0.1) is 11.3 Å². The molecule has 2 aromatic carbocycles. The van der Waals surface area contributed by atoms with E-state index in [1.54, 1.807) is 25.2 Å². The normalized spacial score (nSPS) is 12.0. The summed E-state index contributed by atoms with van der Waals surface area (Å²) in [6.07, 6.45) is -0.925. The van der Waals surface area contributed by atoms with Gasteiger partial charge in [-0.2, -0.15) is 0 Å². The molecule has 0 N–H and O–H groups in total. The lowest BCUT2D eigenvalue weighted by Gasteiger charge is -2.21. The van der Waals surface area contributed by atoms with Gasteiger partial charge in [-0.05, 0) is 42.1 Å². The number of hydrogen-bond donors (Lipinski definition) is 0. The maximum Gasteiger partial charge on any atom is 0.349 e. The number of carbonyl (C=O) groups excluding carboxylic acids is 2. The molecule has 0 saturated carbocycles. The van der Waals surface area contributed by atoms with Crippen molar-refractivity contribution in [3.63, 3.8) is 0 Å². The summed E-state index contributed by atoms with van der Waals surface area (Å²) in [5.41, 5.74) is 0.670. The summed E-state index contributed by atoms with van der Waals surface area (Å²) in [7, 11) is 1.59. The summed E-state index contributed by atoms with van der Waals surface area (Å²) < 4.78 is 19.6. The molecule has 1 unspecified atom stereocenters. The first-order valence-corrected chi connectivity index (χ1v) is 8.94. The van der Waals surface area contributed by atoms with E-state index >= 15 is 0 Å². The lowest BCUT2D eigenvalue weighted by atomic mass is 10.2. The predicted octanol–water partition coefficient (Wildman–Crippen LogP) is 4.24. The summed E-state index contributed by atoms with van der Waals surface area (Å²) >= 11 is 1.33. The largest absolute Gasteiger partial charge is 0.448 e. The van der Waals surface area contributed by atoms with Crippen LogP contribution in [0.5, 0.6) is 0 Å². The van der Waals surface area contributed by atoms with Gasteiger partial charge >= 0.3 is 5.97 Å². The number of benzene rings is 2. The number of halogens is 1. The van der Waals surface area contributed by atoms with E-state index in [1.165, 1.54) is 35.3 Å². The molecule has 134 valence electrons. The van der Waals surface area contributed by atoms with Crippen LogP contribution in [-0.2, 0) is 16.1 Å². The van der Waals surface area contributed by atoms with Gasteiger partial charge in [0.1, 0.15) is 10.7 Å². The fourth-order valence-electron chi connectivity index (χ4n) is 2.65. The number of likely N-dealkylation sites (N-methyl/N-ethyl adjacent to an activating group) is 1. The Morgan fingerprint density at radius 2 is 1.92 bits per heavy atom.